The molecule has 6 rings (SSSR count). The quantitative estimate of drug-likeness (QED) is 0.309. The number of pyridine rings is 1. The summed E-state index contributed by atoms with van der Waals surface area (Å²) < 4.78 is 7.30. The third-order valence-electron chi connectivity index (χ3n) is 8.14. The molecule has 1 fully saturated rings. The van der Waals surface area contributed by atoms with Crippen LogP contribution in [0.4, 0.5) is 5.69 Å². The molecule has 210 valence electrons. The van der Waals surface area contributed by atoms with Gasteiger partial charge in [0.2, 0.25) is 0 Å². The summed E-state index contributed by atoms with van der Waals surface area (Å²) in [6.45, 7) is 7.88. The number of nitrogens with zero attached hydrogens (tertiary/aromatic N) is 6. The van der Waals surface area contributed by atoms with Crippen molar-refractivity contribution in [2.24, 2.45) is 0 Å². The second kappa shape index (κ2) is 11.5. The lowest BCUT2D eigenvalue weighted by Gasteiger charge is -2.39. The maximum Gasteiger partial charge on any atom is 0.253 e. The minimum absolute atomic E-state index is 0.112. The predicted octanol–water partition coefficient (Wildman–Crippen LogP) is 4.29. The number of piperazine rings is 1. The van der Waals surface area contributed by atoms with Gasteiger partial charge in [-0.15, -0.1) is 5.10 Å². The Labute approximate surface area is 239 Å². The van der Waals surface area contributed by atoms with Gasteiger partial charge < -0.3 is 14.6 Å². The molecule has 0 spiro atoms. The minimum Gasteiger partial charge on any atom is -0.497 e. The smallest absolute Gasteiger partial charge is 0.253 e. The lowest BCUT2D eigenvalue weighted by Crippen LogP contribution is -2.49. The standard InChI is InChI=1S/C32H35N7O2/c1-22-18-25-20-28(32(40)33-29(25)19-23(22)2)30(31-34-35-36-39(31)13-12-24-8-5-4-6-9-24)38-16-14-37(15-17-38)26-10-7-11-27(21-26)41-3/h4-11,18-21,30H,12-17H2,1-3H3,(H,33,40)/t30-/m0/s1. The highest BCUT2D eigenvalue weighted by molar-refractivity contribution is 5.81. The Morgan fingerprint density at radius 2 is 1.71 bits per heavy atom. The van der Waals surface area contributed by atoms with E-state index in [0.717, 1.165) is 60.5 Å². The molecule has 1 N–H and O–H groups in total. The van der Waals surface area contributed by atoms with E-state index in [1.165, 1.54) is 11.1 Å². The van der Waals surface area contributed by atoms with Crippen molar-refractivity contribution in [2.75, 3.05) is 38.2 Å². The van der Waals surface area contributed by atoms with E-state index >= 15 is 0 Å². The molecule has 1 saturated heterocycles. The van der Waals surface area contributed by atoms with Crippen LogP contribution in [0.25, 0.3) is 10.9 Å². The van der Waals surface area contributed by atoms with Gasteiger partial charge in [-0.3, -0.25) is 9.69 Å². The van der Waals surface area contributed by atoms with Crippen LogP contribution < -0.4 is 15.2 Å². The molecule has 9 nitrogen and oxygen atoms in total. The summed E-state index contributed by atoms with van der Waals surface area (Å²) in [5, 5.41) is 14.0. The largest absolute Gasteiger partial charge is 0.497 e. The van der Waals surface area contributed by atoms with Crippen molar-refractivity contribution in [1.29, 1.82) is 0 Å². The number of anilines is 1. The monoisotopic (exact) mass is 549 g/mol. The molecule has 3 heterocycles. The number of hydrogen-bond donors (Lipinski definition) is 1. The summed E-state index contributed by atoms with van der Waals surface area (Å²) in [5.74, 6) is 1.53. The van der Waals surface area contributed by atoms with Crippen molar-refractivity contribution >= 4 is 16.6 Å². The van der Waals surface area contributed by atoms with Crippen LogP contribution in [0.2, 0.25) is 0 Å². The zero-order valence-electron chi connectivity index (χ0n) is 23.7. The van der Waals surface area contributed by atoms with Gasteiger partial charge in [0.15, 0.2) is 5.82 Å². The van der Waals surface area contributed by atoms with Crippen LogP contribution in [-0.2, 0) is 13.0 Å². The van der Waals surface area contributed by atoms with E-state index in [1.54, 1.807) is 7.11 Å². The summed E-state index contributed by atoms with van der Waals surface area (Å²) in [7, 11) is 1.69. The van der Waals surface area contributed by atoms with Gasteiger partial charge in [0.25, 0.3) is 5.56 Å². The fourth-order valence-electron chi connectivity index (χ4n) is 5.69. The lowest BCUT2D eigenvalue weighted by molar-refractivity contribution is 0.199. The number of nitrogens with one attached hydrogen (secondary N) is 1. The molecule has 5 aromatic rings. The van der Waals surface area contributed by atoms with E-state index < -0.39 is 0 Å². The molecule has 1 aliphatic rings. The van der Waals surface area contributed by atoms with Crippen molar-refractivity contribution < 1.29 is 4.74 Å². The Kier molecular flexibility index (Phi) is 7.52. The number of methoxy groups -OCH3 is 1. The van der Waals surface area contributed by atoms with Gasteiger partial charge >= 0.3 is 0 Å². The molecule has 0 amide bonds. The van der Waals surface area contributed by atoms with Gasteiger partial charge in [-0.1, -0.05) is 36.4 Å². The van der Waals surface area contributed by atoms with Crippen molar-refractivity contribution in [2.45, 2.75) is 32.9 Å². The van der Waals surface area contributed by atoms with Gasteiger partial charge in [0.05, 0.1) is 7.11 Å². The Bertz CT molecular complexity index is 1700. The summed E-state index contributed by atoms with van der Waals surface area (Å²) >= 11 is 0. The molecule has 9 heteroatoms. The molecule has 0 saturated carbocycles. The maximum absolute atomic E-state index is 13.7. The van der Waals surface area contributed by atoms with Crippen molar-refractivity contribution in [3.05, 3.63) is 111 Å². The number of tetrazole rings is 1. The van der Waals surface area contributed by atoms with Crippen LogP contribution in [0.3, 0.4) is 0 Å². The molecular weight excluding hydrogens is 514 g/mol. The van der Waals surface area contributed by atoms with Crippen LogP contribution in [0.15, 0.2) is 77.6 Å². The molecule has 0 aliphatic carbocycles. The number of aromatic amines is 1. The first-order valence-electron chi connectivity index (χ1n) is 14.1. The molecular formula is C32H35N7O2. The highest BCUT2D eigenvalue weighted by Crippen LogP contribution is 2.30. The van der Waals surface area contributed by atoms with Crippen LogP contribution in [-0.4, -0.2) is 63.4 Å². The van der Waals surface area contributed by atoms with E-state index in [9.17, 15) is 4.79 Å². The van der Waals surface area contributed by atoms with Crippen molar-refractivity contribution in [3.63, 3.8) is 0 Å². The Balaban J connectivity index is 1.35. The number of ether oxygens (including phenoxy) is 1. The number of H-pyrrole nitrogens is 1. The number of fused-ring (bicyclic) bond motifs is 1. The van der Waals surface area contributed by atoms with Gasteiger partial charge in [0, 0.05) is 55.6 Å². The minimum atomic E-state index is -0.386. The number of aromatic nitrogens is 5. The van der Waals surface area contributed by atoms with Gasteiger partial charge in [-0.05, 0) is 83.1 Å². The first-order chi connectivity index (χ1) is 20.0. The number of aryl methyl sites for hydroxylation is 4. The predicted molar refractivity (Wildman–Crippen MR) is 161 cm³/mol. The SMILES string of the molecule is COc1cccc(N2CCN([C@@H](c3cc4cc(C)c(C)cc4[nH]c3=O)c3nnnn3CCc3ccccc3)CC2)c1. The molecule has 1 aliphatic heterocycles. The summed E-state index contributed by atoms with van der Waals surface area (Å²) in [6.07, 6.45) is 0.793. The molecule has 3 aromatic carbocycles. The highest BCUT2D eigenvalue weighted by Gasteiger charge is 2.33. The van der Waals surface area contributed by atoms with Crippen molar-refractivity contribution in [3.8, 4) is 5.75 Å². The third kappa shape index (κ3) is 5.58. The molecule has 0 bridgehead atoms. The van der Waals surface area contributed by atoms with Crippen LogP contribution in [0, 0.1) is 13.8 Å². The van der Waals surface area contributed by atoms with Gasteiger partial charge in [-0.2, -0.15) is 0 Å². The number of benzene rings is 3. The number of rotatable bonds is 8. The van der Waals surface area contributed by atoms with E-state index in [2.05, 4.69) is 74.5 Å². The normalized spacial score (nSPS) is 14.9. The van der Waals surface area contributed by atoms with Crippen LogP contribution >= 0.6 is 0 Å². The fraction of sp³-hybridized carbons (Fsp3) is 0.312. The average Bonchev–Trinajstić information content (AvgIpc) is 3.46. The fourth-order valence-corrected chi connectivity index (χ4v) is 5.69. The molecule has 1 atom stereocenters. The molecule has 2 aromatic heterocycles. The van der Waals surface area contributed by atoms with E-state index in [0.29, 0.717) is 17.9 Å². The first-order valence-corrected chi connectivity index (χ1v) is 14.1. The number of hydrogen-bond acceptors (Lipinski definition) is 7. The molecule has 0 unspecified atom stereocenters. The lowest BCUT2D eigenvalue weighted by atomic mass is 10.00. The zero-order valence-corrected chi connectivity index (χ0v) is 23.7. The van der Waals surface area contributed by atoms with Crippen molar-refractivity contribution in [1.82, 2.24) is 30.1 Å². The second-order valence-corrected chi connectivity index (χ2v) is 10.7. The third-order valence-corrected chi connectivity index (χ3v) is 8.14. The molecule has 0 radical (unpaired) electrons. The van der Waals surface area contributed by atoms with Crippen LogP contribution in [0.5, 0.6) is 5.75 Å². The maximum atomic E-state index is 13.7. The van der Waals surface area contributed by atoms with E-state index in [1.807, 2.05) is 47.1 Å². The summed E-state index contributed by atoms with van der Waals surface area (Å²) in [4.78, 5) is 21.5. The topological polar surface area (TPSA) is 92.2 Å². The van der Waals surface area contributed by atoms with Gasteiger partial charge in [-0.25, -0.2) is 4.68 Å². The van der Waals surface area contributed by atoms with E-state index in [-0.39, 0.29) is 11.6 Å². The summed E-state index contributed by atoms with van der Waals surface area (Å²) in [5.41, 5.74) is 6.06. The highest BCUT2D eigenvalue weighted by atomic mass is 16.5. The van der Waals surface area contributed by atoms with E-state index in [4.69, 9.17) is 4.74 Å². The van der Waals surface area contributed by atoms with Gasteiger partial charge in [0.1, 0.15) is 11.8 Å². The Morgan fingerprint density at radius 1 is 0.927 bits per heavy atom. The average molecular weight is 550 g/mol. The Hall–Kier alpha value is -4.50. The summed E-state index contributed by atoms with van der Waals surface area (Å²) in [6, 6.07) is 24.3. The second-order valence-electron chi connectivity index (χ2n) is 10.7. The molecule has 41 heavy (non-hydrogen) atoms. The first kappa shape index (κ1) is 26.7. The Morgan fingerprint density at radius 3 is 2.49 bits per heavy atom. The zero-order chi connectivity index (χ0) is 28.3. The van der Waals surface area contributed by atoms with Crippen LogP contribution in [0.1, 0.15) is 34.1 Å².